The third kappa shape index (κ3) is 3.32. The van der Waals surface area contributed by atoms with Crippen molar-refractivity contribution in [2.75, 3.05) is 13.4 Å². The van der Waals surface area contributed by atoms with E-state index in [9.17, 15) is 18.0 Å². The van der Waals surface area contributed by atoms with E-state index in [-0.39, 0.29) is 24.7 Å². The highest BCUT2D eigenvalue weighted by Gasteiger charge is 2.39. The molecule has 0 amide bonds. The molecular weight excluding hydrogens is 281 g/mol. The molecular formula is C12H11F3O5. The highest BCUT2D eigenvalue weighted by molar-refractivity contribution is 5.77. The number of hydrogen-bond donors (Lipinski definition) is 0. The first-order chi connectivity index (χ1) is 9.40. The van der Waals surface area contributed by atoms with Gasteiger partial charge >= 0.3 is 12.3 Å². The third-order valence-electron chi connectivity index (χ3n) is 2.45. The zero-order valence-electron chi connectivity index (χ0n) is 10.4. The van der Waals surface area contributed by atoms with Crippen LogP contribution < -0.4 is 9.47 Å². The molecule has 0 fully saturated rings. The van der Waals surface area contributed by atoms with Crippen molar-refractivity contribution in [3.8, 4) is 11.5 Å². The van der Waals surface area contributed by atoms with E-state index in [0.29, 0.717) is 5.75 Å². The minimum Gasteiger partial charge on any atom is -0.464 e. The molecule has 8 heteroatoms. The first-order valence-electron chi connectivity index (χ1n) is 5.71. The van der Waals surface area contributed by atoms with Crippen molar-refractivity contribution < 1.29 is 36.9 Å². The summed E-state index contributed by atoms with van der Waals surface area (Å²) in [4.78, 5) is 11.6. The van der Waals surface area contributed by atoms with Gasteiger partial charge in [-0.15, -0.1) is 13.2 Å². The number of ether oxygens (including phenoxy) is 4. The van der Waals surface area contributed by atoms with Gasteiger partial charge in [-0.25, -0.2) is 4.79 Å². The second kappa shape index (κ2) is 5.58. The maximum atomic E-state index is 12.4. The second-order valence-corrected chi connectivity index (χ2v) is 3.81. The molecule has 5 nitrogen and oxygen atoms in total. The summed E-state index contributed by atoms with van der Waals surface area (Å²) in [6.07, 6.45) is -6.86. The fraction of sp³-hybridized carbons (Fsp3) is 0.417. The minimum atomic E-state index is -4.96. The second-order valence-electron chi connectivity index (χ2n) is 3.81. The van der Waals surface area contributed by atoms with Crippen molar-refractivity contribution in [2.45, 2.75) is 19.4 Å². The average Bonchev–Trinajstić information content (AvgIpc) is 2.82. The van der Waals surface area contributed by atoms with E-state index in [2.05, 4.69) is 9.47 Å². The van der Waals surface area contributed by atoms with Gasteiger partial charge < -0.3 is 14.2 Å². The van der Waals surface area contributed by atoms with Crippen LogP contribution in [0.25, 0.3) is 0 Å². The van der Waals surface area contributed by atoms with Gasteiger partial charge in [0.05, 0.1) is 6.61 Å². The summed E-state index contributed by atoms with van der Waals surface area (Å²) in [5.41, 5.74) is -0.0231. The van der Waals surface area contributed by atoms with Crippen molar-refractivity contribution in [2.24, 2.45) is 0 Å². The Morgan fingerprint density at radius 2 is 2.05 bits per heavy atom. The molecule has 0 aliphatic carbocycles. The molecule has 0 saturated heterocycles. The maximum absolute atomic E-state index is 12.4. The van der Waals surface area contributed by atoms with Gasteiger partial charge in [-0.3, -0.25) is 4.74 Å². The van der Waals surface area contributed by atoms with E-state index in [4.69, 9.17) is 9.47 Å². The Hall–Kier alpha value is -1.96. The van der Waals surface area contributed by atoms with Crippen molar-refractivity contribution in [3.63, 3.8) is 0 Å². The van der Waals surface area contributed by atoms with Gasteiger partial charge in [0.25, 0.3) is 0 Å². The molecule has 0 radical (unpaired) electrons. The molecule has 0 saturated carbocycles. The Morgan fingerprint density at radius 1 is 1.35 bits per heavy atom. The topological polar surface area (TPSA) is 54.0 Å². The van der Waals surface area contributed by atoms with Crippen LogP contribution in [0.1, 0.15) is 18.6 Å². The number of rotatable bonds is 4. The lowest BCUT2D eigenvalue weighted by molar-refractivity contribution is -0.342. The predicted octanol–water partition coefficient (Wildman–Crippen LogP) is 2.56. The quantitative estimate of drug-likeness (QED) is 0.798. The van der Waals surface area contributed by atoms with Crippen molar-refractivity contribution in [1.82, 2.24) is 0 Å². The van der Waals surface area contributed by atoms with E-state index in [1.807, 2.05) is 0 Å². The third-order valence-corrected chi connectivity index (χ3v) is 2.45. The smallest absolute Gasteiger partial charge is 0.464 e. The van der Waals surface area contributed by atoms with E-state index < -0.39 is 18.4 Å². The largest absolute Gasteiger partial charge is 0.523 e. The fourth-order valence-corrected chi connectivity index (χ4v) is 1.68. The van der Waals surface area contributed by atoms with Gasteiger partial charge in [0.1, 0.15) is 0 Å². The Morgan fingerprint density at radius 3 is 2.70 bits per heavy atom. The van der Waals surface area contributed by atoms with Gasteiger partial charge in [-0.1, -0.05) is 6.07 Å². The number of halogens is 3. The van der Waals surface area contributed by atoms with Crippen LogP contribution in [-0.4, -0.2) is 25.7 Å². The fourth-order valence-electron chi connectivity index (χ4n) is 1.68. The summed E-state index contributed by atoms with van der Waals surface area (Å²) in [5, 5.41) is 0. The van der Waals surface area contributed by atoms with Crippen LogP contribution in [0.3, 0.4) is 0 Å². The lowest BCUT2D eigenvalue weighted by Gasteiger charge is -2.18. The first kappa shape index (κ1) is 14.4. The molecule has 1 aliphatic heterocycles. The van der Waals surface area contributed by atoms with Crippen LogP contribution in [0.2, 0.25) is 0 Å². The number of carbonyl (C=O) groups excluding carboxylic acids is 1. The summed E-state index contributed by atoms with van der Waals surface area (Å²) in [6.45, 7) is 1.41. The summed E-state index contributed by atoms with van der Waals surface area (Å²) in [7, 11) is 0. The number of fused-ring (bicyclic) bond motifs is 1. The van der Waals surface area contributed by atoms with Crippen LogP contribution in [0.15, 0.2) is 18.2 Å². The van der Waals surface area contributed by atoms with Gasteiger partial charge in [0.2, 0.25) is 6.79 Å². The van der Waals surface area contributed by atoms with Gasteiger partial charge in [-0.2, -0.15) is 0 Å². The summed E-state index contributed by atoms with van der Waals surface area (Å²) >= 11 is 0. The molecule has 0 bridgehead atoms. The lowest BCUT2D eigenvalue weighted by atomic mass is 10.1. The van der Waals surface area contributed by atoms with Crippen LogP contribution in [0.4, 0.5) is 13.2 Å². The highest BCUT2D eigenvalue weighted by atomic mass is 19.4. The van der Waals surface area contributed by atoms with Crippen molar-refractivity contribution in [3.05, 3.63) is 23.8 Å². The number of benzene rings is 1. The van der Waals surface area contributed by atoms with Gasteiger partial charge in [-0.05, 0) is 24.6 Å². The first-order valence-corrected chi connectivity index (χ1v) is 5.71. The van der Waals surface area contributed by atoms with Crippen LogP contribution >= 0.6 is 0 Å². The molecule has 1 aromatic rings. The monoisotopic (exact) mass is 292 g/mol. The standard InChI is InChI=1S/C12H11F3O5/c1-2-17-11(16)10(20-12(13,14)15)7-3-4-8-9(5-7)19-6-18-8/h3-5,10H,2,6H2,1H3. The number of hydrogen-bond acceptors (Lipinski definition) is 5. The van der Waals surface area contributed by atoms with E-state index in [0.717, 1.165) is 0 Å². The summed E-state index contributed by atoms with van der Waals surface area (Å²) < 4.78 is 55.6. The van der Waals surface area contributed by atoms with Crippen LogP contribution in [0, 0.1) is 0 Å². The number of esters is 1. The molecule has 20 heavy (non-hydrogen) atoms. The van der Waals surface area contributed by atoms with Crippen LogP contribution in [-0.2, 0) is 14.3 Å². The normalized spacial score (nSPS) is 15.0. The Bertz CT molecular complexity index is 500. The molecule has 0 aromatic heterocycles. The average molecular weight is 292 g/mol. The lowest BCUT2D eigenvalue weighted by Crippen LogP contribution is -2.26. The van der Waals surface area contributed by atoms with E-state index in [1.54, 1.807) is 0 Å². The zero-order chi connectivity index (χ0) is 14.8. The SMILES string of the molecule is CCOC(=O)C(OC(F)(F)F)c1ccc2c(c1)OCO2. The minimum absolute atomic E-state index is 0.0231. The Labute approximate surface area is 112 Å². The van der Waals surface area contributed by atoms with Gasteiger partial charge in [0.15, 0.2) is 17.6 Å². The molecule has 1 heterocycles. The number of carbonyl (C=O) groups is 1. The molecule has 1 aromatic carbocycles. The van der Waals surface area contributed by atoms with Gasteiger partial charge in [0, 0.05) is 0 Å². The molecule has 1 aliphatic rings. The Balaban J connectivity index is 2.28. The predicted molar refractivity (Wildman–Crippen MR) is 59.1 cm³/mol. The van der Waals surface area contributed by atoms with Crippen molar-refractivity contribution in [1.29, 1.82) is 0 Å². The maximum Gasteiger partial charge on any atom is 0.523 e. The van der Waals surface area contributed by atoms with Crippen molar-refractivity contribution >= 4 is 5.97 Å². The number of alkyl halides is 3. The molecule has 110 valence electrons. The molecule has 2 rings (SSSR count). The Kier molecular flexibility index (Phi) is 4.03. The zero-order valence-corrected chi connectivity index (χ0v) is 10.4. The molecule has 0 spiro atoms. The molecule has 1 unspecified atom stereocenters. The molecule has 1 atom stereocenters. The highest BCUT2D eigenvalue weighted by Crippen LogP contribution is 2.37. The molecule has 0 N–H and O–H groups in total. The van der Waals surface area contributed by atoms with E-state index in [1.165, 1.54) is 25.1 Å². The summed E-state index contributed by atoms with van der Waals surface area (Å²) in [6, 6.07) is 3.96. The summed E-state index contributed by atoms with van der Waals surface area (Å²) in [5.74, 6) is -0.477. The van der Waals surface area contributed by atoms with Crippen LogP contribution in [0.5, 0.6) is 11.5 Å². The van der Waals surface area contributed by atoms with E-state index >= 15 is 0 Å².